The molecule has 0 saturated carbocycles. The molecule has 0 radical (unpaired) electrons. The van der Waals surface area contributed by atoms with E-state index in [-0.39, 0.29) is 11.9 Å². The Morgan fingerprint density at radius 3 is 2.67 bits per heavy atom. The van der Waals surface area contributed by atoms with Crippen molar-refractivity contribution in [3.63, 3.8) is 0 Å². The average Bonchev–Trinajstić information content (AvgIpc) is 2.11. The van der Waals surface area contributed by atoms with Crippen LogP contribution in [0.25, 0.3) is 0 Å². The van der Waals surface area contributed by atoms with Gasteiger partial charge in [0.05, 0.1) is 6.42 Å². The third kappa shape index (κ3) is 2.22. The van der Waals surface area contributed by atoms with Crippen LogP contribution in [0.3, 0.4) is 0 Å². The maximum absolute atomic E-state index is 11.1. The van der Waals surface area contributed by atoms with Gasteiger partial charge in [0.1, 0.15) is 5.76 Å². The predicted octanol–water partition coefficient (Wildman–Crippen LogP) is 2.42. The van der Waals surface area contributed by atoms with Crippen molar-refractivity contribution >= 4 is 5.97 Å². The highest BCUT2D eigenvalue weighted by atomic mass is 16.5. The van der Waals surface area contributed by atoms with Crippen LogP contribution < -0.4 is 0 Å². The molecule has 1 rings (SSSR count). The molecule has 0 spiro atoms. The van der Waals surface area contributed by atoms with E-state index in [0.717, 1.165) is 11.3 Å². The van der Waals surface area contributed by atoms with Gasteiger partial charge in [-0.1, -0.05) is 25.5 Å². The number of carbonyl (C=O) groups excluding carboxylic acids is 1. The Bertz CT molecular complexity index is 247. The summed E-state index contributed by atoms with van der Waals surface area (Å²) in [6.45, 7) is 5.95. The van der Waals surface area contributed by atoms with Crippen molar-refractivity contribution in [2.45, 2.75) is 27.2 Å². The minimum atomic E-state index is -0.152. The van der Waals surface area contributed by atoms with Crippen LogP contribution in [0.15, 0.2) is 23.5 Å². The van der Waals surface area contributed by atoms with Crippen molar-refractivity contribution in [3.8, 4) is 0 Å². The fraction of sp³-hybridized carbons (Fsp3) is 0.500. The van der Waals surface area contributed by atoms with Gasteiger partial charge >= 0.3 is 5.97 Å². The molecule has 0 fully saturated rings. The van der Waals surface area contributed by atoms with Crippen molar-refractivity contribution < 1.29 is 9.53 Å². The summed E-state index contributed by atoms with van der Waals surface area (Å²) < 4.78 is 5.11. The van der Waals surface area contributed by atoms with Crippen LogP contribution >= 0.6 is 0 Å². The summed E-state index contributed by atoms with van der Waals surface area (Å²) in [6, 6.07) is 0. The molecule has 0 aromatic heterocycles. The standard InChI is InChI=1S/C10H14O2/c1-7(2)9-5-4-8(3)6-10(11)12-9/h4-5,7H,6H2,1-3H3. The molecule has 0 aromatic carbocycles. The van der Waals surface area contributed by atoms with Crippen molar-refractivity contribution in [1.29, 1.82) is 0 Å². The van der Waals surface area contributed by atoms with Gasteiger partial charge in [-0.2, -0.15) is 0 Å². The topological polar surface area (TPSA) is 26.3 Å². The first-order valence-electron chi connectivity index (χ1n) is 4.17. The molecule has 1 aliphatic heterocycles. The molecular formula is C10H14O2. The van der Waals surface area contributed by atoms with Crippen LogP contribution in [-0.2, 0) is 9.53 Å². The highest BCUT2D eigenvalue weighted by molar-refractivity contribution is 5.74. The second-order valence-corrected chi connectivity index (χ2v) is 3.39. The van der Waals surface area contributed by atoms with Crippen molar-refractivity contribution in [3.05, 3.63) is 23.5 Å². The quantitative estimate of drug-likeness (QED) is 0.559. The molecule has 0 aromatic rings. The average molecular weight is 166 g/mol. The summed E-state index contributed by atoms with van der Waals surface area (Å²) in [5, 5.41) is 0. The molecular weight excluding hydrogens is 152 g/mol. The van der Waals surface area contributed by atoms with E-state index in [0.29, 0.717) is 6.42 Å². The molecule has 66 valence electrons. The molecule has 2 heteroatoms. The van der Waals surface area contributed by atoms with E-state index in [1.807, 2.05) is 32.9 Å². The lowest BCUT2D eigenvalue weighted by Gasteiger charge is -2.08. The number of rotatable bonds is 1. The smallest absolute Gasteiger partial charge is 0.314 e. The van der Waals surface area contributed by atoms with Gasteiger partial charge < -0.3 is 4.74 Å². The van der Waals surface area contributed by atoms with Crippen LogP contribution in [0, 0.1) is 5.92 Å². The summed E-state index contributed by atoms with van der Waals surface area (Å²) in [5.41, 5.74) is 1.05. The number of esters is 1. The number of hydrogen-bond donors (Lipinski definition) is 0. The van der Waals surface area contributed by atoms with Gasteiger partial charge in [0.15, 0.2) is 0 Å². The van der Waals surface area contributed by atoms with Crippen LogP contribution in [0.5, 0.6) is 0 Å². The molecule has 12 heavy (non-hydrogen) atoms. The van der Waals surface area contributed by atoms with Gasteiger partial charge in [0.2, 0.25) is 0 Å². The Kier molecular flexibility index (Phi) is 2.69. The van der Waals surface area contributed by atoms with Crippen LogP contribution in [0.4, 0.5) is 0 Å². The van der Waals surface area contributed by atoms with Gasteiger partial charge in [0, 0.05) is 5.92 Å². The fourth-order valence-electron chi connectivity index (χ4n) is 1.02. The van der Waals surface area contributed by atoms with E-state index in [1.54, 1.807) is 0 Å². The Morgan fingerprint density at radius 1 is 1.42 bits per heavy atom. The second kappa shape index (κ2) is 3.57. The molecule has 0 saturated heterocycles. The molecule has 0 bridgehead atoms. The molecule has 0 atom stereocenters. The first-order chi connectivity index (χ1) is 5.59. The number of carbonyl (C=O) groups is 1. The SMILES string of the molecule is CC1=CC=C(C(C)C)OC(=O)C1. The lowest BCUT2D eigenvalue weighted by molar-refractivity contribution is -0.139. The van der Waals surface area contributed by atoms with E-state index in [2.05, 4.69) is 0 Å². The summed E-state index contributed by atoms with van der Waals surface area (Å²) in [7, 11) is 0. The zero-order chi connectivity index (χ0) is 9.14. The number of allylic oxidation sites excluding steroid dienone is 3. The lowest BCUT2D eigenvalue weighted by atomic mass is 10.1. The van der Waals surface area contributed by atoms with Crippen LogP contribution in [0.2, 0.25) is 0 Å². The minimum Gasteiger partial charge on any atom is -0.431 e. The Balaban J connectivity index is 2.82. The summed E-state index contributed by atoms with van der Waals surface area (Å²) in [6.07, 6.45) is 4.23. The molecule has 0 N–H and O–H groups in total. The first-order valence-corrected chi connectivity index (χ1v) is 4.17. The minimum absolute atomic E-state index is 0.152. The van der Waals surface area contributed by atoms with Gasteiger partial charge in [-0.25, -0.2) is 0 Å². The largest absolute Gasteiger partial charge is 0.431 e. The second-order valence-electron chi connectivity index (χ2n) is 3.39. The Morgan fingerprint density at radius 2 is 2.08 bits per heavy atom. The van der Waals surface area contributed by atoms with E-state index in [4.69, 9.17) is 4.74 Å². The Hall–Kier alpha value is -1.05. The number of cyclic esters (lactones) is 1. The zero-order valence-corrected chi connectivity index (χ0v) is 7.76. The van der Waals surface area contributed by atoms with Gasteiger partial charge in [-0.05, 0) is 13.0 Å². The molecule has 0 amide bonds. The van der Waals surface area contributed by atoms with Crippen LogP contribution in [-0.4, -0.2) is 5.97 Å². The lowest BCUT2D eigenvalue weighted by Crippen LogP contribution is -2.06. The number of hydrogen-bond acceptors (Lipinski definition) is 2. The predicted molar refractivity (Wildman–Crippen MR) is 47.4 cm³/mol. The maximum atomic E-state index is 11.1. The zero-order valence-electron chi connectivity index (χ0n) is 7.76. The van der Waals surface area contributed by atoms with Gasteiger partial charge in [0.25, 0.3) is 0 Å². The molecule has 2 nitrogen and oxygen atoms in total. The fourth-order valence-corrected chi connectivity index (χ4v) is 1.02. The van der Waals surface area contributed by atoms with Gasteiger partial charge in [-0.15, -0.1) is 0 Å². The molecule has 0 aliphatic carbocycles. The maximum Gasteiger partial charge on any atom is 0.314 e. The normalized spacial score (nSPS) is 18.2. The summed E-state index contributed by atoms with van der Waals surface area (Å²) >= 11 is 0. The Labute approximate surface area is 72.9 Å². The summed E-state index contributed by atoms with van der Waals surface area (Å²) in [4.78, 5) is 11.1. The van der Waals surface area contributed by atoms with E-state index < -0.39 is 0 Å². The summed E-state index contributed by atoms with van der Waals surface area (Å²) in [5.74, 6) is 0.883. The van der Waals surface area contributed by atoms with E-state index >= 15 is 0 Å². The third-order valence-electron chi connectivity index (χ3n) is 1.76. The highest BCUT2D eigenvalue weighted by Gasteiger charge is 2.13. The first kappa shape index (κ1) is 9.04. The third-order valence-corrected chi connectivity index (χ3v) is 1.76. The molecule has 0 unspecified atom stereocenters. The monoisotopic (exact) mass is 166 g/mol. The van der Waals surface area contributed by atoms with Crippen molar-refractivity contribution in [2.24, 2.45) is 5.92 Å². The van der Waals surface area contributed by atoms with Crippen molar-refractivity contribution in [2.75, 3.05) is 0 Å². The van der Waals surface area contributed by atoms with Gasteiger partial charge in [-0.3, -0.25) is 4.79 Å². The highest BCUT2D eigenvalue weighted by Crippen LogP contribution is 2.17. The molecule has 1 heterocycles. The van der Waals surface area contributed by atoms with E-state index in [9.17, 15) is 4.79 Å². The van der Waals surface area contributed by atoms with E-state index in [1.165, 1.54) is 0 Å². The van der Waals surface area contributed by atoms with Crippen LogP contribution in [0.1, 0.15) is 27.2 Å². The molecule has 1 aliphatic rings. The van der Waals surface area contributed by atoms with Crippen molar-refractivity contribution in [1.82, 2.24) is 0 Å². The number of ether oxygens (including phenoxy) is 1.